The van der Waals surface area contributed by atoms with Gasteiger partial charge in [-0.05, 0) is 48.0 Å². The summed E-state index contributed by atoms with van der Waals surface area (Å²) >= 11 is 1.33. The van der Waals surface area contributed by atoms with E-state index in [4.69, 9.17) is 14.2 Å². The molecule has 1 aromatic heterocycles. The Morgan fingerprint density at radius 1 is 0.933 bits per heavy atom. The van der Waals surface area contributed by atoms with E-state index in [1.165, 1.54) is 11.8 Å². The van der Waals surface area contributed by atoms with Crippen LogP contribution in [-0.2, 0) is 11.3 Å². The van der Waals surface area contributed by atoms with E-state index in [0.29, 0.717) is 28.8 Å². The first-order valence-electron chi connectivity index (χ1n) is 9.21. The summed E-state index contributed by atoms with van der Waals surface area (Å²) < 4.78 is 15.9. The molecule has 1 N–H and O–H groups in total. The Morgan fingerprint density at radius 3 is 2.43 bits per heavy atom. The molecule has 1 heterocycles. The van der Waals surface area contributed by atoms with Gasteiger partial charge in [0.1, 0.15) is 22.3 Å². The van der Waals surface area contributed by atoms with Gasteiger partial charge in [0.15, 0.2) is 0 Å². The van der Waals surface area contributed by atoms with Crippen LogP contribution in [0.15, 0.2) is 59.6 Å². The number of aromatic nitrogens is 2. The highest BCUT2D eigenvalue weighted by Crippen LogP contribution is 2.32. The number of nitrogens with zero attached hydrogens (tertiary/aromatic N) is 2. The summed E-state index contributed by atoms with van der Waals surface area (Å²) in [4.78, 5) is 12.1. The third kappa shape index (κ3) is 5.64. The number of hydrogen-bond acceptors (Lipinski definition) is 7. The molecule has 8 heteroatoms. The van der Waals surface area contributed by atoms with Crippen molar-refractivity contribution in [2.75, 3.05) is 27.1 Å². The lowest BCUT2D eigenvalue weighted by Gasteiger charge is -2.10. The largest absolute Gasteiger partial charge is 0.497 e. The van der Waals surface area contributed by atoms with Crippen molar-refractivity contribution in [2.45, 2.75) is 11.6 Å². The van der Waals surface area contributed by atoms with Crippen LogP contribution in [0.4, 0.5) is 0 Å². The van der Waals surface area contributed by atoms with Crippen LogP contribution in [0.25, 0.3) is 11.3 Å². The van der Waals surface area contributed by atoms with Crippen LogP contribution in [-0.4, -0.2) is 43.2 Å². The summed E-state index contributed by atoms with van der Waals surface area (Å²) in [7, 11) is 4.83. The van der Waals surface area contributed by atoms with Crippen molar-refractivity contribution in [3.63, 3.8) is 0 Å². The number of amides is 1. The average molecular weight is 426 g/mol. The van der Waals surface area contributed by atoms with E-state index in [-0.39, 0.29) is 11.7 Å². The fraction of sp³-hybridized carbons (Fsp3) is 0.227. The van der Waals surface area contributed by atoms with Crippen LogP contribution >= 0.6 is 11.8 Å². The van der Waals surface area contributed by atoms with Crippen LogP contribution in [0, 0.1) is 0 Å². The minimum Gasteiger partial charge on any atom is -0.497 e. The molecule has 0 unspecified atom stereocenters. The molecule has 0 saturated heterocycles. The van der Waals surface area contributed by atoms with E-state index < -0.39 is 0 Å². The Morgan fingerprint density at radius 2 is 1.73 bits per heavy atom. The third-order valence-corrected chi connectivity index (χ3v) is 5.22. The van der Waals surface area contributed by atoms with Crippen molar-refractivity contribution in [1.82, 2.24) is 15.5 Å². The van der Waals surface area contributed by atoms with E-state index in [1.54, 1.807) is 21.3 Å². The van der Waals surface area contributed by atoms with Gasteiger partial charge in [0, 0.05) is 12.1 Å². The zero-order chi connectivity index (χ0) is 21.3. The highest BCUT2D eigenvalue weighted by molar-refractivity contribution is 7.99. The molecule has 0 aliphatic heterocycles. The molecule has 0 aliphatic carbocycles. The molecular formula is C22H23N3O4S. The van der Waals surface area contributed by atoms with E-state index in [2.05, 4.69) is 15.5 Å². The summed E-state index contributed by atoms with van der Waals surface area (Å²) in [6, 6.07) is 16.8. The maximum absolute atomic E-state index is 12.1. The first-order valence-corrected chi connectivity index (χ1v) is 10.2. The second kappa shape index (κ2) is 10.5. The first kappa shape index (κ1) is 21.4. The van der Waals surface area contributed by atoms with Crippen molar-refractivity contribution in [3.05, 3.63) is 60.2 Å². The van der Waals surface area contributed by atoms with Crippen molar-refractivity contribution < 1.29 is 19.0 Å². The Labute approximate surface area is 179 Å². The highest BCUT2D eigenvalue weighted by Gasteiger charge is 2.11. The number of methoxy groups -OCH3 is 3. The van der Waals surface area contributed by atoms with Crippen molar-refractivity contribution in [2.24, 2.45) is 0 Å². The maximum Gasteiger partial charge on any atom is 0.230 e. The minimum absolute atomic E-state index is 0.0804. The normalized spacial score (nSPS) is 10.4. The lowest BCUT2D eigenvalue weighted by molar-refractivity contribution is -0.118. The monoisotopic (exact) mass is 425 g/mol. The van der Waals surface area contributed by atoms with Gasteiger partial charge in [0.25, 0.3) is 0 Å². The summed E-state index contributed by atoms with van der Waals surface area (Å²) in [6.07, 6.45) is 0. The van der Waals surface area contributed by atoms with Gasteiger partial charge >= 0.3 is 0 Å². The van der Waals surface area contributed by atoms with E-state index in [1.807, 2.05) is 54.6 Å². The molecule has 0 spiro atoms. The summed E-state index contributed by atoms with van der Waals surface area (Å²) in [6.45, 7) is 0.441. The zero-order valence-corrected chi connectivity index (χ0v) is 17.9. The molecule has 3 aromatic rings. The SMILES string of the molecule is COc1cccc(CNC(=O)CSc2ccc(-c3cc(OC)ccc3OC)nn2)c1. The third-order valence-electron chi connectivity index (χ3n) is 4.30. The quantitative estimate of drug-likeness (QED) is 0.525. The van der Waals surface area contributed by atoms with Gasteiger partial charge in [0.2, 0.25) is 5.91 Å². The van der Waals surface area contributed by atoms with Crippen LogP contribution in [0.5, 0.6) is 17.2 Å². The van der Waals surface area contributed by atoms with Gasteiger partial charge in [-0.25, -0.2) is 0 Å². The van der Waals surface area contributed by atoms with E-state index >= 15 is 0 Å². The fourth-order valence-corrected chi connectivity index (χ4v) is 3.37. The van der Waals surface area contributed by atoms with Crippen molar-refractivity contribution in [1.29, 1.82) is 0 Å². The van der Waals surface area contributed by atoms with E-state index in [9.17, 15) is 4.79 Å². The molecule has 0 atom stereocenters. The van der Waals surface area contributed by atoms with Crippen LogP contribution < -0.4 is 19.5 Å². The molecule has 0 bridgehead atoms. The molecule has 0 radical (unpaired) electrons. The van der Waals surface area contributed by atoms with Gasteiger partial charge in [-0.3, -0.25) is 4.79 Å². The van der Waals surface area contributed by atoms with E-state index in [0.717, 1.165) is 16.9 Å². The predicted octanol–water partition coefficient (Wildman–Crippen LogP) is 3.58. The summed E-state index contributed by atoms with van der Waals surface area (Å²) in [5, 5.41) is 12.0. The number of benzene rings is 2. The van der Waals surface area contributed by atoms with Crippen LogP contribution in [0.3, 0.4) is 0 Å². The topological polar surface area (TPSA) is 82.6 Å². The molecule has 30 heavy (non-hydrogen) atoms. The van der Waals surface area contributed by atoms with Crippen molar-refractivity contribution >= 4 is 17.7 Å². The molecule has 0 saturated carbocycles. The molecule has 2 aromatic carbocycles. The Balaban J connectivity index is 1.56. The molecule has 156 valence electrons. The Bertz CT molecular complexity index is 996. The second-order valence-electron chi connectivity index (χ2n) is 6.24. The van der Waals surface area contributed by atoms with Gasteiger partial charge < -0.3 is 19.5 Å². The first-order chi connectivity index (χ1) is 14.6. The Kier molecular flexibility index (Phi) is 7.51. The van der Waals surface area contributed by atoms with Gasteiger partial charge in [-0.15, -0.1) is 10.2 Å². The summed E-state index contributed by atoms with van der Waals surface area (Å²) in [5.74, 6) is 2.32. The molecular weight excluding hydrogens is 402 g/mol. The molecule has 3 rings (SSSR count). The number of ether oxygens (including phenoxy) is 3. The van der Waals surface area contributed by atoms with Gasteiger partial charge in [-0.2, -0.15) is 0 Å². The number of hydrogen-bond donors (Lipinski definition) is 1. The molecule has 1 amide bonds. The fourth-order valence-electron chi connectivity index (χ4n) is 2.73. The molecule has 0 aliphatic rings. The second-order valence-corrected chi connectivity index (χ2v) is 7.24. The van der Waals surface area contributed by atoms with Crippen LogP contribution in [0.1, 0.15) is 5.56 Å². The number of carbonyl (C=O) groups is 1. The molecule has 0 fully saturated rings. The number of carbonyl (C=O) groups excluding carboxylic acids is 1. The smallest absolute Gasteiger partial charge is 0.230 e. The minimum atomic E-state index is -0.0804. The summed E-state index contributed by atoms with van der Waals surface area (Å²) in [5.41, 5.74) is 2.43. The van der Waals surface area contributed by atoms with Gasteiger partial charge in [0.05, 0.1) is 32.8 Å². The average Bonchev–Trinajstić information content (AvgIpc) is 2.81. The lowest BCUT2D eigenvalue weighted by atomic mass is 10.1. The maximum atomic E-state index is 12.1. The predicted molar refractivity (Wildman–Crippen MR) is 116 cm³/mol. The zero-order valence-electron chi connectivity index (χ0n) is 17.0. The lowest BCUT2D eigenvalue weighted by Crippen LogP contribution is -2.24. The standard InChI is InChI=1S/C22H23N3O4S/c1-27-16-6-4-5-15(11-16)13-23-21(26)14-30-22-10-8-19(24-25-22)18-12-17(28-2)7-9-20(18)29-3/h4-12H,13-14H2,1-3H3,(H,23,26). The molecule has 7 nitrogen and oxygen atoms in total. The number of thioether (sulfide) groups is 1. The number of rotatable bonds is 9. The van der Waals surface area contributed by atoms with Crippen molar-refractivity contribution in [3.8, 4) is 28.5 Å². The Hall–Kier alpha value is -3.26. The number of nitrogens with one attached hydrogen (secondary N) is 1. The van der Waals surface area contributed by atoms with Gasteiger partial charge in [-0.1, -0.05) is 23.9 Å². The van der Waals surface area contributed by atoms with Crippen LogP contribution in [0.2, 0.25) is 0 Å². The highest BCUT2D eigenvalue weighted by atomic mass is 32.2.